The van der Waals surface area contributed by atoms with Gasteiger partial charge in [-0.2, -0.15) is 0 Å². The Bertz CT molecular complexity index is 452. The van der Waals surface area contributed by atoms with Gasteiger partial charge in [-0.25, -0.2) is 0 Å². The van der Waals surface area contributed by atoms with Gasteiger partial charge in [0.15, 0.2) is 5.17 Å². The van der Waals surface area contributed by atoms with Crippen LogP contribution in [0.5, 0.6) is 0 Å². The molecule has 3 heteroatoms. The van der Waals surface area contributed by atoms with Gasteiger partial charge in [-0.1, -0.05) is 43.3 Å². The van der Waals surface area contributed by atoms with Gasteiger partial charge in [0.25, 0.3) is 0 Å². The smallest absolute Gasteiger partial charge is 0.161 e. The van der Waals surface area contributed by atoms with Crippen LogP contribution in [-0.4, -0.2) is 17.0 Å². The summed E-state index contributed by atoms with van der Waals surface area (Å²) >= 11 is 1.84. The Labute approximate surface area is 114 Å². The molecule has 18 heavy (non-hydrogen) atoms. The van der Waals surface area contributed by atoms with Crippen LogP contribution in [0.15, 0.2) is 23.2 Å². The Kier molecular flexibility index (Phi) is 4.33. The average Bonchev–Trinajstić information content (AvgIpc) is 2.69. The highest BCUT2D eigenvalue weighted by molar-refractivity contribution is 8.14. The maximum atomic E-state index is 4.76. The summed E-state index contributed by atoms with van der Waals surface area (Å²) in [6, 6.07) is 6.97. The van der Waals surface area contributed by atoms with Crippen LogP contribution >= 0.6 is 11.8 Å². The molecule has 0 spiro atoms. The zero-order valence-electron chi connectivity index (χ0n) is 11.7. The van der Waals surface area contributed by atoms with Gasteiger partial charge in [0.2, 0.25) is 0 Å². The number of hydrogen-bond donors (Lipinski definition) is 1. The highest BCUT2D eigenvalue weighted by Crippen LogP contribution is 2.25. The monoisotopic (exact) mass is 262 g/mol. The molecule has 1 atom stereocenters. The molecule has 0 aromatic heterocycles. The van der Waals surface area contributed by atoms with Gasteiger partial charge < -0.3 is 5.32 Å². The molecule has 1 aromatic carbocycles. The molecule has 0 amide bonds. The first kappa shape index (κ1) is 13.5. The van der Waals surface area contributed by atoms with Gasteiger partial charge in [0.05, 0.1) is 6.04 Å². The van der Waals surface area contributed by atoms with E-state index in [1.54, 1.807) is 0 Å². The highest BCUT2D eigenvalue weighted by Gasteiger charge is 2.19. The number of nitrogens with one attached hydrogen (secondary N) is 1. The lowest BCUT2D eigenvalue weighted by molar-refractivity contribution is 0.529. The molecule has 0 aliphatic carbocycles. The number of anilines is 1. The number of aryl methyl sites for hydroxylation is 2. The van der Waals surface area contributed by atoms with E-state index in [4.69, 9.17) is 4.99 Å². The third kappa shape index (κ3) is 3.52. The Morgan fingerprint density at radius 2 is 2.17 bits per heavy atom. The lowest BCUT2D eigenvalue weighted by Gasteiger charge is -2.09. The Morgan fingerprint density at radius 1 is 1.39 bits per heavy atom. The van der Waals surface area contributed by atoms with E-state index in [-0.39, 0.29) is 0 Å². The molecule has 0 saturated heterocycles. The molecule has 0 saturated carbocycles. The molecule has 98 valence electrons. The number of hydrogen-bond acceptors (Lipinski definition) is 3. The minimum absolute atomic E-state index is 0.489. The van der Waals surface area contributed by atoms with Crippen LogP contribution in [0.3, 0.4) is 0 Å². The second-order valence-electron chi connectivity index (χ2n) is 5.47. The van der Waals surface area contributed by atoms with Gasteiger partial charge in [0.1, 0.15) is 0 Å². The van der Waals surface area contributed by atoms with E-state index in [9.17, 15) is 0 Å². The Balaban J connectivity index is 2.02. The SMILES string of the molecule is Cc1ccc(NC2=N[C@@H](CC(C)C)CS2)c(C)c1. The fourth-order valence-electron chi connectivity index (χ4n) is 2.22. The fraction of sp³-hybridized carbons (Fsp3) is 0.533. The van der Waals surface area contributed by atoms with Gasteiger partial charge in [0, 0.05) is 11.4 Å². The predicted molar refractivity (Wildman–Crippen MR) is 82.7 cm³/mol. The van der Waals surface area contributed by atoms with Crippen LogP contribution in [0.2, 0.25) is 0 Å². The predicted octanol–water partition coefficient (Wildman–Crippen LogP) is 4.23. The van der Waals surface area contributed by atoms with Gasteiger partial charge >= 0.3 is 0 Å². The molecule has 0 unspecified atom stereocenters. The number of aliphatic imine (C=N–C) groups is 1. The number of rotatable bonds is 3. The second kappa shape index (κ2) is 5.79. The van der Waals surface area contributed by atoms with Crippen LogP contribution in [0.4, 0.5) is 5.69 Å². The summed E-state index contributed by atoms with van der Waals surface area (Å²) in [6.45, 7) is 8.78. The molecule has 1 aliphatic heterocycles. The lowest BCUT2D eigenvalue weighted by atomic mass is 10.1. The largest absolute Gasteiger partial charge is 0.335 e. The van der Waals surface area contributed by atoms with Crippen LogP contribution < -0.4 is 5.32 Å². The van der Waals surface area contributed by atoms with Crippen LogP contribution in [0, 0.1) is 19.8 Å². The van der Waals surface area contributed by atoms with Gasteiger partial charge in [-0.05, 0) is 37.8 Å². The summed E-state index contributed by atoms with van der Waals surface area (Å²) in [7, 11) is 0. The van der Waals surface area contributed by atoms with Crippen LogP contribution in [0.1, 0.15) is 31.4 Å². The summed E-state index contributed by atoms with van der Waals surface area (Å²) in [5.41, 5.74) is 3.76. The molecule has 0 radical (unpaired) electrons. The van der Waals surface area contributed by atoms with Crippen molar-refractivity contribution in [2.24, 2.45) is 10.9 Å². The number of amidine groups is 1. The summed E-state index contributed by atoms with van der Waals surface area (Å²) < 4.78 is 0. The van der Waals surface area contributed by atoms with E-state index >= 15 is 0 Å². The van der Waals surface area contributed by atoms with Crippen molar-refractivity contribution in [1.29, 1.82) is 0 Å². The maximum absolute atomic E-state index is 4.76. The third-order valence-electron chi connectivity index (χ3n) is 3.08. The van der Waals surface area contributed by atoms with E-state index in [2.05, 4.69) is 51.2 Å². The molecule has 1 N–H and O–H groups in total. The van der Waals surface area contributed by atoms with E-state index in [0.29, 0.717) is 6.04 Å². The van der Waals surface area contributed by atoms with Crippen molar-refractivity contribution in [2.75, 3.05) is 11.1 Å². The summed E-state index contributed by atoms with van der Waals surface area (Å²) in [5.74, 6) is 1.84. The lowest BCUT2D eigenvalue weighted by Crippen LogP contribution is -2.08. The first-order chi connectivity index (χ1) is 8.54. The Hall–Kier alpha value is -0.960. The van der Waals surface area contributed by atoms with Crippen LogP contribution in [-0.2, 0) is 0 Å². The number of benzene rings is 1. The van der Waals surface area contributed by atoms with Crippen molar-refractivity contribution in [3.8, 4) is 0 Å². The first-order valence-electron chi connectivity index (χ1n) is 6.59. The summed E-state index contributed by atoms with van der Waals surface area (Å²) in [5, 5.41) is 4.53. The highest BCUT2D eigenvalue weighted by atomic mass is 32.2. The van der Waals surface area contributed by atoms with Crippen molar-refractivity contribution in [2.45, 2.75) is 40.2 Å². The second-order valence-corrected chi connectivity index (χ2v) is 6.48. The summed E-state index contributed by atoms with van der Waals surface area (Å²) in [4.78, 5) is 4.76. The first-order valence-corrected chi connectivity index (χ1v) is 7.58. The van der Waals surface area contributed by atoms with Crippen molar-refractivity contribution < 1.29 is 0 Å². The molecule has 1 heterocycles. The van der Waals surface area contributed by atoms with Crippen LogP contribution in [0.25, 0.3) is 0 Å². The van der Waals surface area contributed by atoms with E-state index in [0.717, 1.165) is 16.8 Å². The van der Waals surface area contributed by atoms with E-state index < -0.39 is 0 Å². The molecular formula is C15H22N2S. The van der Waals surface area contributed by atoms with Gasteiger partial charge in [-0.15, -0.1) is 0 Å². The number of nitrogens with zero attached hydrogens (tertiary/aromatic N) is 1. The zero-order valence-corrected chi connectivity index (χ0v) is 12.5. The fourth-order valence-corrected chi connectivity index (χ4v) is 3.18. The van der Waals surface area contributed by atoms with Crippen molar-refractivity contribution in [3.63, 3.8) is 0 Å². The molecule has 2 rings (SSSR count). The van der Waals surface area contributed by atoms with Crippen molar-refractivity contribution >= 4 is 22.6 Å². The van der Waals surface area contributed by atoms with Crippen molar-refractivity contribution in [3.05, 3.63) is 29.3 Å². The molecule has 2 nitrogen and oxygen atoms in total. The van der Waals surface area contributed by atoms with E-state index in [1.807, 2.05) is 11.8 Å². The quantitative estimate of drug-likeness (QED) is 0.881. The molecule has 1 aliphatic rings. The molecule has 0 bridgehead atoms. The zero-order chi connectivity index (χ0) is 13.1. The molecule has 1 aromatic rings. The maximum Gasteiger partial charge on any atom is 0.161 e. The summed E-state index contributed by atoms with van der Waals surface area (Å²) in [6.07, 6.45) is 1.19. The average molecular weight is 262 g/mol. The normalized spacial score (nSPS) is 19.2. The van der Waals surface area contributed by atoms with E-state index in [1.165, 1.54) is 23.2 Å². The third-order valence-corrected chi connectivity index (χ3v) is 4.11. The van der Waals surface area contributed by atoms with Crippen molar-refractivity contribution in [1.82, 2.24) is 0 Å². The molecule has 0 fully saturated rings. The van der Waals surface area contributed by atoms with Gasteiger partial charge in [-0.3, -0.25) is 4.99 Å². The number of thioether (sulfide) groups is 1. The Morgan fingerprint density at radius 3 is 2.83 bits per heavy atom. The minimum Gasteiger partial charge on any atom is -0.335 e. The topological polar surface area (TPSA) is 24.4 Å². The molecular weight excluding hydrogens is 240 g/mol. The minimum atomic E-state index is 0.489. The standard InChI is InChI=1S/C15H22N2S/c1-10(2)7-13-9-18-15(16-13)17-14-6-5-11(3)8-12(14)4/h5-6,8,10,13H,7,9H2,1-4H3,(H,16,17)/t13-/m0/s1.